The Kier molecular flexibility index (Phi) is 3.88. The van der Waals surface area contributed by atoms with Gasteiger partial charge in [-0.25, -0.2) is 0 Å². The predicted octanol–water partition coefficient (Wildman–Crippen LogP) is 3.86. The lowest BCUT2D eigenvalue weighted by molar-refractivity contribution is 0.252. The number of nitrogens with one attached hydrogen (secondary N) is 1. The second-order valence-corrected chi connectivity index (χ2v) is 6.09. The van der Waals surface area contributed by atoms with E-state index in [1.807, 2.05) is 0 Å². The summed E-state index contributed by atoms with van der Waals surface area (Å²) in [6, 6.07) is 19.9. The molecular formula is C19H23N. The summed E-state index contributed by atoms with van der Waals surface area (Å²) in [7, 11) is 0. The second kappa shape index (κ2) is 5.80. The van der Waals surface area contributed by atoms with Crippen molar-refractivity contribution in [1.29, 1.82) is 0 Å². The molecule has 20 heavy (non-hydrogen) atoms. The van der Waals surface area contributed by atoms with E-state index in [4.69, 9.17) is 0 Å². The first kappa shape index (κ1) is 13.4. The molecular weight excluding hydrogens is 242 g/mol. The average Bonchev–Trinajstić information content (AvgIpc) is 2.44. The molecule has 1 aliphatic heterocycles. The summed E-state index contributed by atoms with van der Waals surface area (Å²) in [4.78, 5) is 0. The monoisotopic (exact) mass is 265 g/mol. The first-order chi connectivity index (χ1) is 9.78. The lowest BCUT2D eigenvalue weighted by Crippen LogP contribution is -2.56. The van der Waals surface area contributed by atoms with Gasteiger partial charge in [-0.3, -0.25) is 0 Å². The molecule has 1 aliphatic rings. The Morgan fingerprint density at radius 3 is 2.25 bits per heavy atom. The van der Waals surface area contributed by atoms with Crippen LogP contribution in [0.15, 0.2) is 54.6 Å². The Hall–Kier alpha value is -1.60. The van der Waals surface area contributed by atoms with Crippen LogP contribution < -0.4 is 5.32 Å². The quantitative estimate of drug-likeness (QED) is 0.865. The Labute approximate surface area is 122 Å². The van der Waals surface area contributed by atoms with Gasteiger partial charge in [0, 0.05) is 18.5 Å². The van der Waals surface area contributed by atoms with Gasteiger partial charge in [0.2, 0.25) is 0 Å². The molecule has 0 atom stereocenters. The molecule has 1 heteroatoms. The average molecular weight is 265 g/mol. The van der Waals surface area contributed by atoms with E-state index in [0.29, 0.717) is 5.41 Å². The fraction of sp³-hybridized carbons (Fsp3) is 0.368. The van der Waals surface area contributed by atoms with Crippen LogP contribution >= 0.6 is 0 Å². The molecule has 2 aromatic rings. The van der Waals surface area contributed by atoms with Crippen molar-refractivity contribution >= 4 is 0 Å². The van der Waals surface area contributed by atoms with Crippen LogP contribution in [-0.4, -0.2) is 13.1 Å². The Morgan fingerprint density at radius 1 is 0.950 bits per heavy atom. The summed E-state index contributed by atoms with van der Waals surface area (Å²) in [6.45, 7) is 4.42. The van der Waals surface area contributed by atoms with Gasteiger partial charge in [-0.05, 0) is 37.3 Å². The van der Waals surface area contributed by atoms with Crippen molar-refractivity contribution < 1.29 is 0 Å². The summed E-state index contributed by atoms with van der Waals surface area (Å²) >= 11 is 0. The lowest BCUT2D eigenvalue weighted by atomic mass is 9.71. The Morgan fingerprint density at radius 2 is 1.65 bits per heavy atom. The molecule has 1 N–H and O–H groups in total. The van der Waals surface area contributed by atoms with E-state index in [0.717, 1.165) is 13.1 Å². The summed E-state index contributed by atoms with van der Waals surface area (Å²) < 4.78 is 0. The smallest absolute Gasteiger partial charge is 0.0202 e. The Balaban J connectivity index is 1.63. The van der Waals surface area contributed by atoms with Crippen molar-refractivity contribution in [3.05, 3.63) is 71.3 Å². The Bertz CT molecular complexity index is 538. The number of rotatable bonds is 5. The zero-order chi connectivity index (χ0) is 13.8. The van der Waals surface area contributed by atoms with Gasteiger partial charge in [-0.2, -0.15) is 0 Å². The molecule has 0 amide bonds. The summed E-state index contributed by atoms with van der Waals surface area (Å²) in [6.07, 6.45) is 3.73. The highest BCUT2D eigenvalue weighted by molar-refractivity contribution is 5.32. The predicted molar refractivity (Wildman–Crippen MR) is 85.1 cm³/mol. The van der Waals surface area contributed by atoms with E-state index in [2.05, 4.69) is 66.8 Å². The van der Waals surface area contributed by atoms with Crippen molar-refractivity contribution in [2.75, 3.05) is 13.1 Å². The maximum absolute atomic E-state index is 3.46. The maximum atomic E-state index is 3.46. The van der Waals surface area contributed by atoms with Gasteiger partial charge in [0.05, 0.1) is 0 Å². The lowest BCUT2D eigenvalue weighted by Gasteiger charge is -2.43. The molecule has 0 bridgehead atoms. The van der Waals surface area contributed by atoms with Crippen LogP contribution in [0.2, 0.25) is 0 Å². The van der Waals surface area contributed by atoms with Gasteiger partial charge < -0.3 is 5.32 Å². The van der Waals surface area contributed by atoms with Crippen molar-refractivity contribution in [2.24, 2.45) is 0 Å². The van der Waals surface area contributed by atoms with Gasteiger partial charge in [0.25, 0.3) is 0 Å². The highest BCUT2D eigenvalue weighted by atomic mass is 15.0. The first-order valence-corrected chi connectivity index (χ1v) is 7.60. The third-order valence-electron chi connectivity index (χ3n) is 4.55. The largest absolute Gasteiger partial charge is 0.315 e. The molecule has 1 heterocycles. The molecule has 1 saturated heterocycles. The van der Waals surface area contributed by atoms with E-state index in [1.165, 1.54) is 36.0 Å². The fourth-order valence-corrected chi connectivity index (χ4v) is 3.13. The van der Waals surface area contributed by atoms with Crippen LogP contribution in [0.3, 0.4) is 0 Å². The van der Waals surface area contributed by atoms with Crippen molar-refractivity contribution in [1.82, 2.24) is 5.32 Å². The molecule has 0 unspecified atom stereocenters. The summed E-state index contributed by atoms with van der Waals surface area (Å²) in [5.74, 6) is 0. The van der Waals surface area contributed by atoms with E-state index in [-0.39, 0.29) is 0 Å². The van der Waals surface area contributed by atoms with Gasteiger partial charge in [0.1, 0.15) is 0 Å². The molecule has 0 radical (unpaired) electrons. The zero-order valence-corrected chi connectivity index (χ0v) is 12.2. The minimum Gasteiger partial charge on any atom is -0.315 e. The molecule has 1 fully saturated rings. The van der Waals surface area contributed by atoms with Crippen LogP contribution in [0.4, 0.5) is 0 Å². The molecule has 3 rings (SSSR count). The van der Waals surface area contributed by atoms with Gasteiger partial charge >= 0.3 is 0 Å². The highest BCUT2D eigenvalue weighted by Crippen LogP contribution is 2.34. The second-order valence-electron chi connectivity index (χ2n) is 6.09. The van der Waals surface area contributed by atoms with Crippen molar-refractivity contribution in [3.63, 3.8) is 0 Å². The molecule has 0 spiro atoms. The fourth-order valence-electron chi connectivity index (χ4n) is 3.13. The third kappa shape index (κ3) is 2.78. The van der Waals surface area contributed by atoms with Gasteiger partial charge in [-0.1, -0.05) is 60.2 Å². The van der Waals surface area contributed by atoms with Crippen molar-refractivity contribution in [2.45, 2.75) is 31.6 Å². The third-order valence-corrected chi connectivity index (χ3v) is 4.55. The molecule has 2 aromatic carbocycles. The topological polar surface area (TPSA) is 12.0 Å². The van der Waals surface area contributed by atoms with Crippen molar-refractivity contribution in [3.8, 4) is 0 Å². The highest BCUT2D eigenvalue weighted by Gasteiger charge is 2.37. The number of hydrogen-bond acceptors (Lipinski definition) is 1. The normalized spacial score (nSPS) is 16.6. The van der Waals surface area contributed by atoms with Crippen LogP contribution in [0.5, 0.6) is 0 Å². The van der Waals surface area contributed by atoms with E-state index < -0.39 is 0 Å². The van der Waals surface area contributed by atoms with E-state index in [9.17, 15) is 0 Å². The molecule has 104 valence electrons. The minimum absolute atomic E-state index is 0.377. The number of hydrogen-bond donors (Lipinski definition) is 1. The number of benzene rings is 2. The minimum atomic E-state index is 0.377. The van der Waals surface area contributed by atoms with Gasteiger partial charge in [-0.15, -0.1) is 0 Å². The number of aryl methyl sites for hydroxylation is 2. The van der Waals surface area contributed by atoms with E-state index in [1.54, 1.807) is 0 Å². The van der Waals surface area contributed by atoms with Crippen LogP contribution in [0.1, 0.15) is 29.5 Å². The molecule has 0 saturated carbocycles. The van der Waals surface area contributed by atoms with Gasteiger partial charge in [0.15, 0.2) is 0 Å². The van der Waals surface area contributed by atoms with Crippen LogP contribution in [-0.2, 0) is 11.8 Å². The summed E-state index contributed by atoms with van der Waals surface area (Å²) in [5.41, 5.74) is 4.69. The standard InChI is InChI=1S/C19H23N/c1-16-9-11-18(12-10-16)19(14-20-15-19)13-5-8-17-6-3-2-4-7-17/h2-4,6-7,9-12,20H,5,8,13-15H2,1H3. The summed E-state index contributed by atoms with van der Waals surface area (Å²) in [5, 5.41) is 3.46. The molecule has 0 aliphatic carbocycles. The van der Waals surface area contributed by atoms with E-state index >= 15 is 0 Å². The SMILES string of the molecule is Cc1ccc(C2(CCCc3ccccc3)CNC2)cc1. The molecule has 1 nitrogen and oxygen atoms in total. The first-order valence-electron chi connectivity index (χ1n) is 7.60. The van der Waals surface area contributed by atoms with Crippen LogP contribution in [0, 0.1) is 6.92 Å². The van der Waals surface area contributed by atoms with Crippen LogP contribution in [0.25, 0.3) is 0 Å². The molecule has 0 aromatic heterocycles. The maximum Gasteiger partial charge on any atom is 0.0202 e. The zero-order valence-electron chi connectivity index (χ0n) is 12.2.